The lowest BCUT2D eigenvalue weighted by atomic mass is 10.2. The molecular formula is C13H24N2O4. The molecule has 0 aromatic carbocycles. The van der Waals surface area contributed by atoms with Gasteiger partial charge in [-0.25, -0.2) is 0 Å². The highest BCUT2D eigenvalue weighted by molar-refractivity contribution is 5.79. The van der Waals surface area contributed by atoms with Crippen molar-refractivity contribution in [2.45, 2.75) is 45.3 Å². The molecule has 1 aliphatic rings. The van der Waals surface area contributed by atoms with Crippen molar-refractivity contribution in [3.8, 4) is 0 Å². The largest absolute Gasteiger partial charge is 0.480 e. The lowest BCUT2D eigenvalue weighted by Gasteiger charge is -2.26. The molecule has 19 heavy (non-hydrogen) atoms. The number of carbonyl (C=O) groups excluding carboxylic acids is 1. The lowest BCUT2D eigenvalue weighted by molar-refractivity contribution is -0.139. The Kier molecular flexibility index (Phi) is 6.80. The molecule has 2 N–H and O–H groups in total. The number of carbonyl (C=O) groups is 2. The molecule has 1 rings (SSSR count). The van der Waals surface area contributed by atoms with E-state index in [1.807, 2.05) is 13.8 Å². The molecule has 1 fully saturated rings. The average Bonchev–Trinajstić information content (AvgIpc) is 2.87. The molecule has 1 aliphatic heterocycles. The van der Waals surface area contributed by atoms with Gasteiger partial charge in [-0.1, -0.05) is 6.92 Å². The Morgan fingerprint density at radius 2 is 2.21 bits per heavy atom. The maximum atomic E-state index is 11.8. The zero-order valence-electron chi connectivity index (χ0n) is 11.7. The van der Waals surface area contributed by atoms with E-state index in [0.29, 0.717) is 6.54 Å². The summed E-state index contributed by atoms with van der Waals surface area (Å²) in [4.78, 5) is 24.3. The fourth-order valence-electron chi connectivity index (χ4n) is 2.07. The van der Waals surface area contributed by atoms with Crippen LogP contribution in [0.25, 0.3) is 0 Å². The molecule has 0 bridgehead atoms. The molecule has 0 aromatic rings. The Morgan fingerprint density at radius 1 is 1.47 bits per heavy atom. The van der Waals surface area contributed by atoms with Crippen molar-refractivity contribution in [1.82, 2.24) is 10.2 Å². The minimum absolute atomic E-state index is 0.0737. The van der Waals surface area contributed by atoms with Crippen LogP contribution in [0, 0.1) is 0 Å². The van der Waals surface area contributed by atoms with E-state index in [9.17, 15) is 9.59 Å². The van der Waals surface area contributed by atoms with Crippen LogP contribution in [0.15, 0.2) is 0 Å². The van der Waals surface area contributed by atoms with Crippen LogP contribution < -0.4 is 5.32 Å². The number of hydrogen-bond acceptors (Lipinski definition) is 4. The summed E-state index contributed by atoms with van der Waals surface area (Å²) in [5.41, 5.74) is 0. The minimum atomic E-state index is -0.910. The molecule has 0 saturated carbocycles. The van der Waals surface area contributed by atoms with Gasteiger partial charge in [0.25, 0.3) is 0 Å². The monoisotopic (exact) mass is 272 g/mol. The van der Waals surface area contributed by atoms with Crippen molar-refractivity contribution < 1.29 is 19.4 Å². The quantitative estimate of drug-likeness (QED) is 0.671. The first-order valence-electron chi connectivity index (χ1n) is 6.87. The first kappa shape index (κ1) is 15.9. The topological polar surface area (TPSA) is 78.9 Å². The molecule has 0 spiro atoms. The Balaban J connectivity index is 2.34. The molecule has 110 valence electrons. The number of nitrogens with zero attached hydrogens (tertiary/aromatic N) is 1. The normalized spacial score (nSPS) is 20.5. The third-order valence-electron chi connectivity index (χ3n) is 3.45. The number of amides is 1. The van der Waals surface area contributed by atoms with Crippen LogP contribution in [0.1, 0.15) is 33.1 Å². The SMILES string of the molecule is CCC(C)N(CC(=O)O)CC(=O)NCC1CCCO1. The second kappa shape index (κ2) is 8.12. The van der Waals surface area contributed by atoms with Crippen LogP contribution in [0.3, 0.4) is 0 Å². The summed E-state index contributed by atoms with van der Waals surface area (Å²) in [6.45, 7) is 5.19. The third kappa shape index (κ3) is 6.02. The van der Waals surface area contributed by atoms with Crippen LogP contribution in [0.4, 0.5) is 0 Å². The second-order valence-corrected chi connectivity index (χ2v) is 5.00. The van der Waals surface area contributed by atoms with Gasteiger partial charge in [0.2, 0.25) is 5.91 Å². The molecule has 0 radical (unpaired) electrons. The first-order valence-corrected chi connectivity index (χ1v) is 6.87. The van der Waals surface area contributed by atoms with E-state index >= 15 is 0 Å². The summed E-state index contributed by atoms with van der Waals surface area (Å²) in [6.07, 6.45) is 2.94. The van der Waals surface area contributed by atoms with Gasteiger partial charge in [-0.2, -0.15) is 0 Å². The molecule has 1 saturated heterocycles. The van der Waals surface area contributed by atoms with Crippen LogP contribution in [0.2, 0.25) is 0 Å². The predicted octanol–water partition coefficient (Wildman–Crippen LogP) is 0.467. The number of carboxylic acids is 1. The van der Waals surface area contributed by atoms with Crippen LogP contribution in [-0.4, -0.2) is 60.3 Å². The Bertz CT molecular complexity index is 303. The summed E-state index contributed by atoms with van der Waals surface area (Å²) in [5, 5.41) is 11.7. The average molecular weight is 272 g/mol. The number of aliphatic carboxylic acids is 1. The molecule has 6 nitrogen and oxygen atoms in total. The molecular weight excluding hydrogens is 248 g/mol. The standard InChI is InChI=1S/C13H24N2O4/c1-3-10(2)15(9-13(17)18)8-12(16)14-7-11-5-4-6-19-11/h10-11H,3-9H2,1-2H3,(H,14,16)(H,17,18). The third-order valence-corrected chi connectivity index (χ3v) is 3.45. The molecule has 2 unspecified atom stereocenters. The zero-order chi connectivity index (χ0) is 14.3. The number of rotatable bonds is 8. The number of hydrogen-bond donors (Lipinski definition) is 2. The summed E-state index contributed by atoms with van der Waals surface area (Å²) in [5.74, 6) is -1.05. The van der Waals surface area contributed by atoms with Gasteiger partial charge < -0.3 is 15.2 Å². The van der Waals surface area contributed by atoms with Crippen molar-refractivity contribution >= 4 is 11.9 Å². The highest BCUT2D eigenvalue weighted by atomic mass is 16.5. The fraction of sp³-hybridized carbons (Fsp3) is 0.846. The molecule has 2 atom stereocenters. The number of ether oxygens (including phenoxy) is 1. The minimum Gasteiger partial charge on any atom is -0.480 e. The van der Waals surface area contributed by atoms with Crippen molar-refractivity contribution in [3.05, 3.63) is 0 Å². The summed E-state index contributed by atoms with van der Waals surface area (Å²) in [7, 11) is 0. The number of carboxylic acid groups (broad SMARTS) is 1. The number of nitrogens with one attached hydrogen (secondary N) is 1. The first-order chi connectivity index (χ1) is 9.02. The van der Waals surface area contributed by atoms with E-state index in [4.69, 9.17) is 9.84 Å². The van der Waals surface area contributed by atoms with Gasteiger partial charge in [-0.05, 0) is 26.2 Å². The summed E-state index contributed by atoms with van der Waals surface area (Å²) < 4.78 is 5.42. The van der Waals surface area contributed by atoms with Crippen LogP contribution >= 0.6 is 0 Å². The van der Waals surface area contributed by atoms with Gasteiger partial charge in [0.1, 0.15) is 0 Å². The molecule has 0 aromatic heterocycles. The van der Waals surface area contributed by atoms with Crippen molar-refractivity contribution in [2.24, 2.45) is 0 Å². The highest BCUT2D eigenvalue weighted by Gasteiger charge is 2.20. The van der Waals surface area contributed by atoms with Crippen molar-refractivity contribution in [3.63, 3.8) is 0 Å². The van der Waals surface area contributed by atoms with Gasteiger partial charge in [0.15, 0.2) is 0 Å². The second-order valence-electron chi connectivity index (χ2n) is 5.00. The molecule has 0 aliphatic carbocycles. The van der Waals surface area contributed by atoms with Crippen LogP contribution in [0.5, 0.6) is 0 Å². The van der Waals surface area contributed by atoms with Gasteiger partial charge >= 0.3 is 5.97 Å². The zero-order valence-corrected chi connectivity index (χ0v) is 11.7. The maximum absolute atomic E-state index is 11.8. The van der Waals surface area contributed by atoms with E-state index in [2.05, 4.69) is 5.32 Å². The van der Waals surface area contributed by atoms with E-state index in [1.54, 1.807) is 4.90 Å². The lowest BCUT2D eigenvalue weighted by Crippen LogP contribution is -2.45. The van der Waals surface area contributed by atoms with Crippen LogP contribution in [-0.2, 0) is 14.3 Å². The van der Waals surface area contributed by atoms with E-state index in [1.165, 1.54) is 0 Å². The van der Waals surface area contributed by atoms with E-state index < -0.39 is 5.97 Å². The van der Waals surface area contributed by atoms with E-state index in [-0.39, 0.29) is 31.1 Å². The summed E-state index contributed by atoms with van der Waals surface area (Å²) in [6, 6.07) is 0.0737. The molecule has 1 amide bonds. The Hall–Kier alpha value is -1.14. The summed E-state index contributed by atoms with van der Waals surface area (Å²) >= 11 is 0. The van der Waals surface area contributed by atoms with E-state index in [0.717, 1.165) is 25.9 Å². The van der Waals surface area contributed by atoms with Gasteiger partial charge in [-0.15, -0.1) is 0 Å². The predicted molar refractivity (Wildman–Crippen MR) is 70.9 cm³/mol. The highest BCUT2D eigenvalue weighted by Crippen LogP contribution is 2.10. The molecule has 1 heterocycles. The van der Waals surface area contributed by atoms with Crippen molar-refractivity contribution in [2.75, 3.05) is 26.2 Å². The van der Waals surface area contributed by atoms with Gasteiger partial charge in [0, 0.05) is 19.2 Å². The van der Waals surface area contributed by atoms with Gasteiger partial charge in [0.05, 0.1) is 19.2 Å². The van der Waals surface area contributed by atoms with Gasteiger partial charge in [-0.3, -0.25) is 14.5 Å². The maximum Gasteiger partial charge on any atom is 0.317 e. The smallest absolute Gasteiger partial charge is 0.317 e. The Labute approximate surface area is 114 Å². The van der Waals surface area contributed by atoms with Crippen molar-refractivity contribution in [1.29, 1.82) is 0 Å². The fourth-order valence-corrected chi connectivity index (χ4v) is 2.07. The molecule has 6 heteroatoms. The Morgan fingerprint density at radius 3 is 2.74 bits per heavy atom.